The van der Waals surface area contributed by atoms with Gasteiger partial charge in [-0.1, -0.05) is 43.5 Å². The van der Waals surface area contributed by atoms with Gasteiger partial charge in [0.05, 0.1) is 14.2 Å². The second-order valence-corrected chi connectivity index (χ2v) is 7.15. The Morgan fingerprint density at radius 2 is 1.27 bits per heavy atom. The molecule has 4 nitrogen and oxygen atoms in total. The highest BCUT2D eigenvalue weighted by atomic mass is 16.5. The molecule has 26 heavy (non-hydrogen) atoms. The lowest BCUT2D eigenvalue weighted by Gasteiger charge is -2.41. The first-order valence-corrected chi connectivity index (χ1v) is 9.36. The van der Waals surface area contributed by atoms with Gasteiger partial charge in [-0.2, -0.15) is 0 Å². The Balaban J connectivity index is 2.03. The molecule has 1 aliphatic carbocycles. The van der Waals surface area contributed by atoms with Crippen LogP contribution in [0.25, 0.3) is 0 Å². The first kappa shape index (κ1) is 18.7. The summed E-state index contributed by atoms with van der Waals surface area (Å²) >= 11 is 0. The number of hydrogen-bond donors (Lipinski definition) is 2. The molecule has 1 aliphatic rings. The molecule has 1 atom stereocenters. The fourth-order valence-corrected chi connectivity index (χ4v) is 4.08. The molecule has 0 radical (unpaired) electrons. The van der Waals surface area contributed by atoms with Gasteiger partial charge in [-0.25, -0.2) is 0 Å². The zero-order valence-corrected chi connectivity index (χ0v) is 15.7. The van der Waals surface area contributed by atoms with Crippen LogP contribution in [0, 0.1) is 5.92 Å². The number of rotatable bonds is 6. The largest absolute Gasteiger partial charge is 0.497 e. The van der Waals surface area contributed by atoms with Crippen LogP contribution in [0.3, 0.4) is 0 Å². The maximum atomic E-state index is 11.9. The zero-order valence-electron chi connectivity index (χ0n) is 15.7. The first-order valence-electron chi connectivity index (χ1n) is 9.36. The minimum Gasteiger partial charge on any atom is -0.497 e. The topological polar surface area (TPSA) is 64.7 Å². The molecule has 0 saturated heterocycles. The summed E-state index contributed by atoms with van der Waals surface area (Å²) in [5.41, 5.74) is 7.06. The van der Waals surface area contributed by atoms with E-state index < -0.39 is 5.60 Å². The van der Waals surface area contributed by atoms with Crippen molar-refractivity contribution in [3.8, 4) is 11.5 Å². The lowest BCUT2D eigenvalue weighted by atomic mass is 9.71. The van der Waals surface area contributed by atoms with E-state index in [0.29, 0.717) is 5.92 Å². The minimum absolute atomic E-state index is 0.304. The molecule has 1 saturated carbocycles. The summed E-state index contributed by atoms with van der Waals surface area (Å²) in [6.07, 6.45) is 5.75. The summed E-state index contributed by atoms with van der Waals surface area (Å²) in [4.78, 5) is 0. The lowest BCUT2D eigenvalue weighted by molar-refractivity contribution is 0.0218. The smallest absolute Gasteiger partial charge is 0.130 e. The molecule has 0 aromatic heterocycles. The number of aliphatic hydroxyl groups is 1. The van der Waals surface area contributed by atoms with Crippen molar-refractivity contribution in [3.63, 3.8) is 0 Å². The first-order chi connectivity index (χ1) is 12.6. The predicted octanol–water partition coefficient (Wildman–Crippen LogP) is 3.85. The van der Waals surface area contributed by atoms with Crippen LogP contribution in [0.4, 0.5) is 0 Å². The molecule has 140 valence electrons. The van der Waals surface area contributed by atoms with Gasteiger partial charge in [-0.05, 0) is 54.2 Å². The third-order valence-corrected chi connectivity index (χ3v) is 5.70. The Morgan fingerprint density at radius 3 is 1.65 bits per heavy atom. The summed E-state index contributed by atoms with van der Waals surface area (Å²) in [5, 5.41) is 11.9. The van der Waals surface area contributed by atoms with Crippen molar-refractivity contribution in [1.82, 2.24) is 0 Å². The fraction of sp³-hybridized carbons (Fsp3) is 0.455. The van der Waals surface area contributed by atoms with E-state index in [9.17, 15) is 5.11 Å². The molecule has 0 bridgehead atoms. The highest BCUT2D eigenvalue weighted by Gasteiger charge is 2.42. The monoisotopic (exact) mass is 355 g/mol. The van der Waals surface area contributed by atoms with E-state index in [2.05, 4.69) is 0 Å². The summed E-state index contributed by atoms with van der Waals surface area (Å²) < 4.78 is 10.5. The lowest BCUT2D eigenvalue weighted by Crippen LogP contribution is -2.51. The zero-order chi connectivity index (χ0) is 18.6. The summed E-state index contributed by atoms with van der Waals surface area (Å²) in [6, 6.07) is 14.8. The molecule has 0 unspecified atom stereocenters. The van der Waals surface area contributed by atoms with Crippen molar-refractivity contribution in [3.05, 3.63) is 59.7 Å². The standard InChI is InChI=1S/C22H29NO3/c1-25-19-12-8-17(9-13-19)22(24,18-10-14-20(26-2)15-11-18)21(23)16-6-4-3-5-7-16/h8-16,21,24H,3-7,23H2,1-2H3/t21-/m0/s1. The average molecular weight is 355 g/mol. The highest BCUT2D eigenvalue weighted by molar-refractivity contribution is 5.42. The Hall–Kier alpha value is -2.04. The van der Waals surface area contributed by atoms with Crippen LogP contribution in [-0.2, 0) is 5.60 Å². The van der Waals surface area contributed by atoms with Gasteiger partial charge in [0.2, 0.25) is 0 Å². The van der Waals surface area contributed by atoms with E-state index >= 15 is 0 Å². The summed E-state index contributed by atoms with van der Waals surface area (Å²) in [5.74, 6) is 1.83. The highest BCUT2D eigenvalue weighted by Crippen LogP contribution is 2.40. The number of ether oxygens (including phenoxy) is 2. The SMILES string of the molecule is COc1ccc(C(O)(c2ccc(OC)cc2)[C@@H](N)C2CCCCC2)cc1. The van der Waals surface area contributed by atoms with Crippen molar-refractivity contribution < 1.29 is 14.6 Å². The average Bonchev–Trinajstić information content (AvgIpc) is 2.73. The van der Waals surface area contributed by atoms with Gasteiger partial charge in [0.1, 0.15) is 17.1 Å². The second kappa shape index (κ2) is 8.11. The quantitative estimate of drug-likeness (QED) is 0.826. The van der Waals surface area contributed by atoms with Gasteiger partial charge in [-0.3, -0.25) is 0 Å². The predicted molar refractivity (Wildman–Crippen MR) is 104 cm³/mol. The van der Waals surface area contributed by atoms with Crippen LogP contribution in [0.5, 0.6) is 11.5 Å². The van der Waals surface area contributed by atoms with Gasteiger partial charge in [0.15, 0.2) is 0 Å². The summed E-state index contributed by atoms with van der Waals surface area (Å²) in [6.45, 7) is 0. The molecule has 0 amide bonds. The van der Waals surface area contributed by atoms with Crippen LogP contribution in [0.2, 0.25) is 0 Å². The maximum Gasteiger partial charge on any atom is 0.130 e. The van der Waals surface area contributed by atoms with Crippen molar-refractivity contribution >= 4 is 0 Å². The van der Waals surface area contributed by atoms with Gasteiger partial charge in [0, 0.05) is 6.04 Å². The Bertz CT molecular complexity index is 643. The van der Waals surface area contributed by atoms with Gasteiger partial charge >= 0.3 is 0 Å². The van der Waals surface area contributed by atoms with E-state index in [1.165, 1.54) is 19.3 Å². The molecule has 0 heterocycles. The molecule has 4 heteroatoms. The number of benzene rings is 2. The Kier molecular flexibility index (Phi) is 5.84. The van der Waals surface area contributed by atoms with Crippen molar-refractivity contribution in [2.24, 2.45) is 11.7 Å². The molecular formula is C22H29NO3. The molecule has 1 fully saturated rings. The number of nitrogens with two attached hydrogens (primary N) is 1. The van der Waals surface area contributed by atoms with Crippen molar-refractivity contribution in [2.45, 2.75) is 43.7 Å². The van der Waals surface area contributed by atoms with E-state index in [1.54, 1.807) is 14.2 Å². The van der Waals surface area contributed by atoms with E-state index in [-0.39, 0.29) is 6.04 Å². The van der Waals surface area contributed by atoms with Crippen LogP contribution < -0.4 is 15.2 Å². The molecular weight excluding hydrogens is 326 g/mol. The molecule has 3 rings (SSSR count). The van der Waals surface area contributed by atoms with Gasteiger partial charge < -0.3 is 20.3 Å². The molecule has 0 aliphatic heterocycles. The second-order valence-electron chi connectivity index (χ2n) is 7.15. The number of hydrogen-bond acceptors (Lipinski definition) is 4. The summed E-state index contributed by atoms with van der Waals surface area (Å²) in [7, 11) is 3.27. The maximum absolute atomic E-state index is 11.9. The van der Waals surface area contributed by atoms with Crippen molar-refractivity contribution in [1.29, 1.82) is 0 Å². The van der Waals surface area contributed by atoms with Crippen LogP contribution in [-0.4, -0.2) is 25.4 Å². The van der Waals surface area contributed by atoms with Crippen LogP contribution in [0.15, 0.2) is 48.5 Å². The third-order valence-electron chi connectivity index (χ3n) is 5.70. The fourth-order valence-electron chi connectivity index (χ4n) is 4.08. The molecule has 2 aromatic carbocycles. The minimum atomic E-state index is -1.25. The molecule has 3 N–H and O–H groups in total. The number of methoxy groups -OCH3 is 2. The van der Waals surface area contributed by atoms with Gasteiger partial charge in [-0.15, -0.1) is 0 Å². The van der Waals surface area contributed by atoms with Crippen LogP contribution >= 0.6 is 0 Å². The van der Waals surface area contributed by atoms with Gasteiger partial charge in [0.25, 0.3) is 0 Å². The van der Waals surface area contributed by atoms with Crippen LogP contribution in [0.1, 0.15) is 43.2 Å². The molecule has 0 spiro atoms. The van der Waals surface area contributed by atoms with E-state index in [4.69, 9.17) is 15.2 Å². The van der Waals surface area contributed by atoms with E-state index in [0.717, 1.165) is 35.5 Å². The van der Waals surface area contributed by atoms with Crippen molar-refractivity contribution in [2.75, 3.05) is 14.2 Å². The third kappa shape index (κ3) is 3.57. The Morgan fingerprint density at radius 1 is 0.846 bits per heavy atom. The molecule has 2 aromatic rings. The van der Waals surface area contributed by atoms with E-state index in [1.807, 2.05) is 48.5 Å². The Labute approximate surface area is 155 Å². The normalized spacial score (nSPS) is 16.9.